The van der Waals surface area contributed by atoms with Crippen molar-refractivity contribution in [1.29, 1.82) is 0 Å². The molecule has 0 fully saturated rings. The molecule has 0 atom stereocenters. The monoisotopic (exact) mass is 352 g/mol. The summed E-state index contributed by atoms with van der Waals surface area (Å²) in [5.41, 5.74) is 1.69. The molecule has 0 radical (unpaired) electrons. The summed E-state index contributed by atoms with van der Waals surface area (Å²) in [5.74, 6) is 0.710. The first kappa shape index (κ1) is 17.4. The topological polar surface area (TPSA) is 50.4 Å². The van der Waals surface area contributed by atoms with Gasteiger partial charge in [-0.2, -0.15) is 0 Å². The number of benzene rings is 2. The second-order valence-electron chi connectivity index (χ2n) is 4.87. The van der Waals surface area contributed by atoms with E-state index in [4.69, 9.17) is 27.9 Å². The fourth-order valence-corrected chi connectivity index (χ4v) is 2.49. The molecule has 2 N–H and O–H groups in total. The number of anilines is 1. The van der Waals surface area contributed by atoms with Crippen LogP contribution in [0.5, 0.6) is 5.75 Å². The van der Waals surface area contributed by atoms with Crippen LogP contribution in [0.4, 0.5) is 5.69 Å². The Morgan fingerprint density at radius 2 is 1.91 bits per heavy atom. The van der Waals surface area contributed by atoms with E-state index in [-0.39, 0.29) is 12.5 Å². The highest BCUT2D eigenvalue weighted by atomic mass is 35.5. The first-order valence-electron chi connectivity index (χ1n) is 7.18. The largest absolute Gasteiger partial charge is 0.496 e. The van der Waals surface area contributed by atoms with Gasteiger partial charge in [0, 0.05) is 6.54 Å². The number of carbonyl (C=O) groups is 1. The number of carbonyl (C=O) groups excluding carboxylic acids is 1. The van der Waals surface area contributed by atoms with Gasteiger partial charge in [0.25, 0.3) is 0 Å². The Hall–Kier alpha value is -1.91. The number of methoxy groups -OCH3 is 1. The average molecular weight is 353 g/mol. The minimum atomic E-state index is -0.115. The minimum absolute atomic E-state index is 0.115. The van der Waals surface area contributed by atoms with Crippen molar-refractivity contribution >= 4 is 34.8 Å². The lowest BCUT2D eigenvalue weighted by Gasteiger charge is -2.11. The summed E-state index contributed by atoms with van der Waals surface area (Å²) in [7, 11) is 1.63. The van der Waals surface area contributed by atoms with Crippen LogP contribution < -0.4 is 15.4 Å². The van der Waals surface area contributed by atoms with Crippen LogP contribution in [0, 0.1) is 0 Å². The van der Waals surface area contributed by atoms with Gasteiger partial charge in [-0.1, -0.05) is 47.5 Å². The number of para-hydroxylation sites is 1. The predicted octanol–water partition coefficient (Wildman–Crippen LogP) is 3.77. The zero-order valence-corrected chi connectivity index (χ0v) is 14.2. The van der Waals surface area contributed by atoms with Gasteiger partial charge in [0.2, 0.25) is 5.91 Å². The highest BCUT2D eigenvalue weighted by molar-refractivity contribution is 6.43. The second-order valence-corrected chi connectivity index (χ2v) is 5.65. The Kier molecular flexibility index (Phi) is 6.56. The molecule has 6 heteroatoms. The lowest BCUT2D eigenvalue weighted by Crippen LogP contribution is -2.31. The summed E-state index contributed by atoms with van der Waals surface area (Å²) in [4.78, 5) is 11.9. The molecule has 4 nitrogen and oxygen atoms in total. The molecule has 0 saturated heterocycles. The van der Waals surface area contributed by atoms with Gasteiger partial charge in [0.05, 0.1) is 29.4 Å². The molecule has 0 spiro atoms. The van der Waals surface area contributed by atoms with Gasteiger partial charge in [0.15, 0.2) is 0 Å². The minimum Gasteiger partial charge on any atom is -0.496 e. The molecule has 23 heavy (non-hydrogen) atoms. The van der Waals surface area contributed by atoms with Crippen LogP contribution >= 0.6 is 23.2 Å². The van der Waals surface area contributed by atoms with Gasteiger partial charge in [-0.3, -0.25) is 4.79 Å². The molecule has 0 aromatic heterocycles. The van der Waals surface area contributed by atoms with Crippen LogP contribution in [0.2, 0.25) is 10.0 Å². The fourth-order valence-electron chi connectivity index (χ4n) is 2.12. The lowest BCUT2D eigenvalue weighted by atomic mass is 10.1. The molecule has 2 rings (SSSR count). The summed E-state index contributed by atoms with van der Waals surface area (Å²) >= 11 is 12.0. The van der Waals surface area contributed by atoms with Crippen LogP contribution in [0.15, 0.2) is 42.5 Å². The summed E-state index contributed by atoms with van der Waals surface area (Å²) in [5, 5.41) is 6.69. The number of hydrogen-bond donors (Lipinski definition) is 2. The number of hydrogen-bond acceptors (Lipinski definition) is 3. The maximum Gasteiger partial charge on any atom is 0.239 e. The molecule has 0 saturated carbocycles. The molecule has 1 amide bonds. The number of amides is 1. The van der Waals surface area contributed by atoms with Crippen molar-refractivity contribution < 1.29 is 9.53 Å². The van der Waals surface area contributed by atoms with Crippen LogP contribution in [0.1, 0.15) is 5.56 Å². The van der Waals surface area contributed by atoms with Crippen molar-refractivity contribution in [2.45, 2.75) is 6.42 Å². The predicted molar refractivity (Wildman–Crippen MR) is 94.7 cm³/mol. The maximum absolute atomic E-state index is 11.9. The molecule has 0 unspecified atom stereocenters. The molecule has 0 bridgehead atoms. The van der Waals surface area contributed by atoms with E-state index >= 15 is 0 Å². The van der Waals surface area contributed by atoms with Crippen LogP contribution in [0.25, 0.3) is 0 Å². The molecule has 0 aliphatic carbocycles. The fraction of sp³-hybridized carbons (Fsp3) is 0.235. The molecule has 0 aliphatic heterocycles. The van der Waals surface area contributed by atoms with Crippen molar-refractivity contribution in [3.8, 4) is 5.75 Å². The number of ether oxygens (including phenoxy) is 1. The van der Waals surface area contributed by atoms with Gasteiger partial charge >= 0.3 is 0 Å². The Labute approximate surface area is 145 Å². The van der Waals surface area contributed by atoms with E-state index in [1.54, 1.807) is 25.3 Å². The van der Waals surface area contributed by atoms with Gasteiger partial charge in [-0.25, -0.2) is 0 Å². The van der Waals surface area contributed by atoms with E-state index in [1.807, 2.05) is 24.3 Å². The Morgan fingerprint density at radius 1 is 1.13 bits per heavy atom. The molecular formula is C17H18Cl2N2O2. The van der Waals surface area contributed by atoms with Gasteiger partial charge in [-0.05, 0) is 30.2 Å². The lowest BCUT2D eigenvalue weighted by molar-refractivity contribution is -0.119. The third-order valence-corrected chi connectivity index (χ3v) is 4.12. The number of rotatable bonds is 7. The third kappa shape index (κ3) is 5.05. The van der Waals surface area contributed by atoms with E-state index in [0.29, 0.717) is 28.7 Å². The zero-order valence-electron chi connectivity index (χ0n) is 12.7. The molecule has 0 heterocycles. The van der Waals surface area contributed by atoms with Crippen LogP contribution in [-0.4, -0.2) is 26.1 Å². The Morgan fingerprint density at radius 3 is 2.70 bits per heavy atom. The average Bonchev–Trinajstić information content (AvgIpc) is 2.56. The highest BCUT2D eigenvalue weighted by Crippen LogP contribution is 2.29. The van der Waals surface area contributed by atoms with Gasteiger partial charge < -0.3 is 15.4 Å². The van der Waals surface area contributed by atoms with Gasteiger partial charge in [0.1, 0.15) is 5.75 Å². The van der Waals surface area contributed by atoms with Crippen molar-refractivity contribution in [3.63, 3.8) is 0 Å². The number of nitrogens with one attached hydrogen (secondary N) is 2. The van der Waals surface area contributed by atoms with Crippen LogP contribution in [0.3, 0.4) is 0 Å². The molecule has 122 valence electrons. The normalized spacial score (nSPS) is 10.2. The third-order valence-electron chi connectivity index (χ3n) is 3.30. The van der Waals surface area contributed by atoms with Crippen molar-refractivity contribution in [2.24, 2.45) is 0 Å². The Balaban J connectivity index is 1.78. The highest BCUT2D eigenvalue weighted by Gasteiger charge is 2.07. The summed E-state index contributed by atoms with van der Waals surface area (Å²) in [6.07, 6.45) is 0.702. The van der Waals surface area contributed by atoms with Crippen molar-refractivity contribution in [1.82, 2.24) is 5.32 Å². The van der Waals surface area contributed by atoms with E-state index < -0.39 is 0 Å². The van der Waals surface area contributed by atoms with E-state index in [9.17, 15) is 4.79 Å². The second kappa shape index (κ2) is 8.65. The number of halogens is 2. The van der Waals surface area contributed by atoms with Crippen LogP contribution in [-0.2, 0) is 11.2 Å². The first-order valence-corrected chi connectivity index (χ1v) is 7.94. The SMILES string of the molecule is COc1ccccc1CCNC(=O)CNc1cccc(Cl)c1Cl. The van der Waals surface area contributed by atoms with E-state index in [1.165, 1.54) is 0 Å². The Bertz CT molecular complexity index is 677. The molecule has 0 aliphatic rings. The zero-order chi connectivity index (χ0) is 16.7. The first-order chi connectivity index (χ1) is 11.1. The summed E-state index contributed by atoms with van der Waals surface area (Å²) in [6.45, 7) is 0.663. The van der Waals surface area contributed by atoms with E-state index in [0.717, 1.165) is 11.3 Å². The quantitative estimate of drug-likeness (QED) is 0.797. The molecular weight excluding hydrogens is 335 g/mol. The van der Waals surface area contributed by atoms with Crippen molar-refractivity contribution in [3.05, 3.63) is 58.1 Å². The maximum atomic E-state index is 11.9. The summed E-state index contributed by atoms with van der Waals surface area (Å²) in [6, 6.07) is 13.0. The molecule has 2 aromatic rings. The van der Waals surface area contributed by atoms with E-state index in [2.05, 4.69) is 10.6 Å². The standard InChI is InChI=1S/C17H18Cl2N2O2/c1-23-15-8-3-2-5-12(15)9-10-20-16(22)11-21-14-7-4-6-13(18)17(14)19/h2-8,21H,9-11H2,1H3,(H,20,22). The van der Waals surface area contributed by atoms with Gasteiger partial charge in [-0.15, -0.1) is 0 Å². The molecule has 2 aromatic carbocycles. The smallest absolute Gasteiger partial charge is 0.239 e. The summed E-state index contributed by atoms with van der Waals surface area (Å²) < 4.78 is 5.28. The van der Waals surface area contributed by atoms with Crippen molar-refractivity contribution in [2.75, 3.05) is 25.5 Å².